The van der Waals surface area contributed by atoms with Gasteiger partial charge in [0.05, 0.1) is 29.2 Å². The minimum absolute atomic E-state index is 0.000259. The third kappa shape index (κ3) is 5.38. The quantitative estimate of drug-likeness (QED) is 0.291. The van der Waals surface area contributed by atoms with Crippen LogP contribution in [0.15, 0.2) is 55.6 Å². The molecule has 2 bridgehead atoms. The molecule has 0 aliphatic carbocycles. The van der Waals surface area contributed by atoms with Crippen molar-refractivity contribution in [3.63, 3.8) is 0 Å². The van der Waals surface area contributed by atoms with Crippen molar-refractivity contribution < 1.29 is 24.2 Å². The smallest absolute Gasteiger partial charge is 0.311 e. The standard InChI is InChI=1S/C33H46N2O5S/c1-9-16-34(32(7,8)20-31(4,5)6)29(38)27-33-21(3)18-24(41-33)25(30(39)40-17-10-2)26(33)28(37)35(27)23(19-36)22-14-12-11-13-15-22/h9-15,21,23-27,36H,1-2,16-20H2,3-8H3/t21?,23-,24+,25-,26+,27?,33?/m1/s1. The van der Waals surface area contributed by atoms with Gasteiger partial charge in [-0.05, 0) is 43.6 Å². The average Bonchev–Trinajstić information content (AvgIpc) is 3.49. The molecule has 4 rings (SSSR count). The Morgan fingerprint density at radius 3 is 2.41 bits per heavy atom. The first-order valence-corrected chi connectivity index (χ1v) is 15.5. The summed E-state index contributed by atoms with van der Waals surface area (Å²) >= 11 is 1.61. The van der Waals surface area contributed by atoms with Crippen LogP contribution < -0.4 is 0 Å². The average molecular weight is 583 g/mol. The summed E-state index contributed by atoms with van der Waals surface area (Å²) in [5, 5.41) is 10.6. The second-order valence-corrected chi connectivity index (χ2v) is 15.2. The number of amides is 2. The fourth-order valence-corrected chi connectivity index (χ4v) is 10.3. The lowest BCUT2D eigenvalue weighted by Crippen LogP contribution is -2.61. The van der Waals surface area contributed by atoms with Crippen molar-refractivity contribution >= 4 is 29.5 Å². The van der Waals surface area contributed by atoms with Gasteiger partial charge in [0.1, 0.15) is 12.6 Å². The van der Waals surface area contributed by atoms with Crippen molar-refractivity contribution in [3.05, 3.63) is 61.2 Å². The summed E-state index contributed by atoms with van der Waals surface area (Å²) in [4.78, 5) is 46.6. The van der Waals surface area contributed by atoms with E-state index in [9.17, 15) is 14.7 Å². The first-order chi connectivity index (χ1) is 19.2. The van der Waals surface area contributed by atoms with Crippen molar-refractivity contribution in [2.75, 3.05) is 19.8 Å². The molecule has 3 aliphatic heterocycles. The number of nitrogens with zero attached hydrogens (tertiary/aromatic N) is 2. The predicted molar refractivity (Wildman–Crippen MR) is 163 cm³/mol. The summed E-state index contributed by atoms with van der Waals surface area (Å²) < 4.78 is 4.69. The van der Waals surface area contributed by atoms with Crippen LogP contribution >= 0.6 is 11.8 Å². The molecule has 3 unspecified atom stereocenters. The lowest BCUT2D eigenvalue weighted by molar-refractivity contribution is -0.154. The van der Waals surface area contributed by atoms with Crippen molar-refractivity contribution in [2.24, 2.45) is 23.2 Å². The number of benzene rings is 1. The molecule has 0 saturated carbocycles. The summed E-state index contributed by atoms with van der Waals surface area (Å²) in [6, 6.07) is 7.76. The Labute approximate surface area is 249 Å². The second-order valence-electron chi connectivity index (χ2n) is 13.6. The van der Waals surface area contributed by atoms with Crippen LogP contribution in [0, 0.1) is 23.2 Å². The predicted octanol–water partition coefficient (Wildman–Crippen LogP) is 5.02. The van der Waals surface area contributed by atoms with Gasteiger partial charge in [0.25, 0.3) is 0 Å². The summed E-state index contributed by atoms with van der Waals surface area (Å²) in [7, 11) is 0. The maximum atomic E-state index is 15.1. The van der Waals surface area contributed by atoms with E-state index in [-0.39, 0.29) is 41.6 Å². The number of ether oxygens (including phenoxy) is 1. The summed E-state index contributed by atoms with van der Waals surface area (Å²) in [6.07, 6.45) is 4.70. The number of aliphatic hydroxyl groups is 1. The summed E-state index contributed by atoms with van der Waals surface area (Å²) in [5.41, 5.74) is 0.154. The first-order valence-electron chi connectivity index (χ1n) is 14.6. The van der Waals surface area contributed by atoms with Gasteiger partial charge in [0, 0.05) is 17.3 Å². The molecule has 7 nitrogen and oxygen atoms in total. The Morgan fingerprint density at radius 2 is 1.85 bits per heavy atom. The van der Waals surface area contributed by atoms with Gasteiger partial charge in [0.2, 0.25) is 11.8 Å². The van der Waals surface area contributed by atoms with Gasteiger partial charge in [-0.2, -0.15) is 0 Å². The fourth-order valence-electron chi connectivity index (χ4n) is 7.92. The zero-order valence-corrected chi connectivity index (χ0v) is 26.2. The molecule has 1 aromatic rings. The number of carbonyl (C=O) groups is 3. The maximum absolute atomic E-state index is 15.1. The molecule has 3 heterocycles. The lowest BCUT2D eigenvalue weighted by atomic mass is 9.66. The normalized spacial score (nSPS) is 29.7. The summed E-state index contributed by atoms with van der Waals surface area (Å²) in [6.45, 7) is 20.3. The van der Waals surface area contributed by atoms with Crippen molar-refractivity contribution in [3.8, 4) is 0 Å². The molecule has 1 aromatic carbocycles. The molecule has 2 amide bonds. The number of aliphatic hydroxyl groups excluding tert-OH is 1. The number of likely N-dealkylation sites (tertiary alicyclic amines) is 1. The Morgan fingerprint density at radius 1 is 1.20 bits per heavy atom. The van der Waals surface area contributed by atoms with Crippen LogP contribution in [0.25, 0.3) is 0 Å². The first kappa shape index (κ1) is 31.4. The topological polar surface area (TPSA) is 87.2 Å². The Bertz CT molecular complexity index is 1180. The maximum Gasteiger partial charge on any atom is 0.311 e. The van der Waals surface area contributed by atoms with Crippen molar-refractivity contribution in [2.45, 2.75) is 82.0 Å². The third-order valence-corrected chi connectivity index (χ3v) is 11.1. The third-order valence-electron chi connectivity index (χ3n) is 9.00. The minimum atomic E-state index is -0.862. The van der Waals surface area contributed by atoms with E-state index in [4.69, 9.17) is 4.74 Å². The highest BCUT2D eigenvalue weighted by Crippen LogP contribution is 2.69. The van der Waals surface area contributed by atoms with Gasteiger partial charge in [0.15, 0.2) is 0 Å². The number of fused-ring (bicyclic) bond motifs is 1. The molecule has 3 fully saturated rings. The second kappa shape index (κ2) is 11.6. The van der Waals surface area contributed by atoms with E-state index in [0.29, 0.717) is 13.0 Å². The zero-order valence-electron chi connectivity index (χ0n) is 25.3. The van der Waals surface area contributed by atoms with Crippen LogP contribution in [0.2, 0.25) is 0 Å². The van der Waals surface area contributed by atoms with Gasteiger partial charge >= 0.3 is 5.97 Å². The molecular formula is C33H46N2O5S. The van der Waals surface area contributed by atoms with E-state index in [1.54, 1.807) is 22.7 Å². The number of esters is 1. The van der Waals surface area contributed by atoms with E-state index in [0.717, 1.165) is 12.0 Å². The van der Waals surface area contributed by atoms with E-state index in [2.05, 4.69) is 54.7 Å². The van der Waals surface area contributed by atoms with Crippen LogP contribution in [0.3, 0.4) is 0 Å². The Kier molecular flexibility index (Phi) is 8.87. The van der Waals surface area contributed by atoms with Gasteiger partial charge in [-0.1, -0.05) is 76.8 Å². The number of rotatable bonds is 11. The highest BCUT2D eigenvalue weighted by atomic mass is 32.2. The largest absolute Gasteiger partial charge is 0.461 e. The fraction of sp³-hybridized carbons (Fsp3) is 0.606. The molecule has 8 heteroatoms. The molecular weight excluding hydrogens is 536 g/mol. The van der Waals surface area contributed by atoms with Crippen molar-refractivity contribution in [1.82, 2.24) is 9.80 Å². The lowest BCUT2D eigenvalue weighted by Gasteiger charge is -2.47. The SMILES string of the molecule is C=CCOC(=O)[C@@H]1[C@@H]2CC(C)C3(S2)C(C(=O)N(CC=C)C(C)(C)CC(C)(C)C)N([C@H](CO)c2ccccc2)C(=O)[C@H]13. The van der Waals surface area contributed by atoms with Gasteiger partial charge in [-0.25, -0.2) is 0 Å². The highest BCUT2D eigenvalue weighted by molar-refractivity contribution is 8.02. The zero-order chi connectivity index (χ0) is 30.3. The van der Waals surface area contributed by atoms with Crippen LogP contribution in [0.4, 0.5) is 0 Å². The van der Waals surface area contributed by atoms with Gasteiger partial charge < -0.3 is 19.6 Å². The molecule has 7 atom stereocenters. The van der Waals surface area contributed by atoms with E-state index >= 15 is 4.79 Å². The Hall–Kier alpha value is -2.58. The van der Waals surface area contributed by atoms with Gasteiger partial charge in [-0.3, -0.25) is 14.4 Å². The molecule has 1 spiro atoms. The van der Waals surface area contributed by atoms with E-state index in [1.165, 1.54) is 6.08 Å². The van der Waals surface area contributed by atoms with Crippen LogP contribution in [-0.4, -0.2) is 74.0 Å². The van der Waals surface area contributed by atoms with Crippen molar-refractivity contribution in [1.29, 1.82) is 0 Å². The minimum Gasteiger partial charge on any atom is -0.461 e. The monoisotopic (exact) mass is 582 g/mol. The van der Waals surface area contributed by atoms with Crippen LogP contribution in [-0.2, 0) is 19.1 Å². The summed E-state index contributed by atoms with van der Waals surface area (Å²) in [5.74, 6) is -2.22. The molecule has 3 aliphatic rings. The highest BCUT2D eigenvalue weighted by Gasteiger charge is 2.77. The number of thioether (sulfide) groups is 1. The van der Waals surface area contributed by atoms with Gasteiger partial charge in [-0.15, -0.1) is 18.3 Å². The molecule has 0 aromatic heterocycles. The molecule has 1 N–H and O–H groups in total. The molecule has 224 valence electrons. The Balaban J connectivity index is 1.89. The van der Waals surface area contributed by atoms with E-state index < -0.39 is 40.2 Å². The number of carbonyl (C=O) groups excluding carboxylic acids is 3. The van der Waals surface area contributed by atoms with E-state index in [1.807, 2.05) is 35.2 Å². The number of hydrogen-bond donors (Lipinski definition) is 1. The molecule has 3 saturated heterocycles. The van der Waals surface area contributed by atoms with Crippen LogP contribution in [0.5, 0.6) is 0 Å². The molecule has 41 heavy (non-hydrogen) atoms. The number of hydrogen-bond acceptors (Lipinski definition) is 6. The van der Waals surface area contributed by atoms with Crippen LogP contribution in [0.1, 0.15) is 66.0 Å². The molecule has 0 radical (unpaired) electrons.